The molecule has 0 radical (unpaired) electrons. The fraction of sp³-hybridized carbons (Fsp3) is 0.182. The Kier molecular flexibility index (Phi) is 3.40. The van der Waals surface area contributed by atoms with Gasteiger partial charge in [-0.15, -0.1) is 11.3 Å². The van der Waals surface area contributed by atoms with Gasteiger partial charge in [-0.25, -0.2) is 9.97 Å². The molecular formula is C11H10ClN3OS. The largest absolute Gasteiger partial charge is 0.319 e. The van der Waals surface area contributed by atoms with Crippen molar-refractivity contribution in [2.45, 2.75) is 13.8 Å². The van der Waals surface area contributed by atoms with Crippen molar-refractivity contribution in [3.05, 3.63) is 39.1 Å². The topological polar surface area (TPSA) is 54.9 Å². The van der Waals surface area contributed by atoms with Crippen LogP contribution in [0.1, 0.15) is 21.2 Å². The van der Waals surface area contributed by atoms with E-state index in [4.69, 9.17) is 11.6 Å². The summed E-state index contributed by atoms with van der Waals surface area (Å²) in [5.41, 5.74) is 1.74. The molecule has 4 nitrogen and oxygen atoms in total. The summed E-state index contributed by atoms with van der Waals surface area (Å²) >= 11 is 7.18. The second kappa shape index (κ2) is 4.81. The third kappa shape index (κ3) is 2.81. The first-order chi connectivity index (χ1) is 8.06. The maximum absolute atomic E-state index is 11.8. The molecule has 0 aliphatic rings. The van der Waals surface area contributed by atoms with Gasteiger partial charge in [-0.2, -0.15) is 0 Å². The Morgan fingerprint density at radius 3 is 2.71 bits per heavy atom. The number of hydrogen-bond acceptors (Lipinski definition) is 4. The Bertz CT molecular complexity index is 568. The van der Waals surface area contributed by atoms with Crippen LogP contribution < -0.4 is 5.32 Å². The molecule has 88 valence electrons. The van der Waals surface area contributed by atoms with E-state index in [-0.39, 0.29) is 5.91 Å². The second-order valence-corrected chi connectivity index (χ2v) is 4.92. The highest BCUT2D eigenvalue weighted by molar-refractivity contribution is 7.09. The van der Waals surface area contributed by atoms with Gasteiger partial charge in [0.1, 0.15) is 10.8 Å². The number of nitrogens with zero attached hydrogens (tertiary/aromatic N) is 2. The highest BCUT2D eigenvalue weighted by atomic mass is 35.5. The van der Waals surface area contributed by atoms with Crippen LogP contribution in [0.2, 0.25) is 5.15 Å². The van der Waals surface area contributed by atoms with Gasteiger partial charge < -0.3 is 5.32 Å². The molecule has 1 amide bonds. The Morgan fingerprint density at radius 2 is 2.12 bits per heavy atom. The lowest BCUT2D eigenvalue weighted by molar-refractivity contribution is 0.102. The Labute approximate surface area is 108 Å². The van der Waals surface area contributed by atoms with Gasteiger partial charge >= 0.3 is 0 Å². The van der Waals surface area contributed by atoms with Crippen LogP contribution in [0.5, 0.6) is 0 Å². The molecule has 0 saturated heterocycles. The normalized spacial score (nSPS) is 10.3. The minimum atomic E-state index is -0.235. The number of anilines is 1. The highest BCUT2D eigenvalue weighted by Gasteiger charge is 2.11. The number of amides is 1. The lowest BCUT2D eigenvalue weighted by Gasteiger charge is -2.06. The zero-order valence-electron chi connectivity index (χ0n) is 9.32. The van der Waals surface area contributed by atoms with E-state index < -0.39 is 0 Å². The average molecular weight is 268 g/mol. The van der Waals surface area contributed by atoms with Gasteiger partial charge in [0.2, 0.25) is 0 Å². The third-order valence-corrected chi connectivity index (χ3v) is 3.14. The van der Waals surface area contributed by atoms with Gasteiger partial charge in [0.25, 0.3) is 5.91 Å². The van der Waals surface area contributed by atoms with E-state index >= 15 is 0 Å². The first-order valence-corrected chi connectivity index (χ1v) is 6.18. The van der Waals surface area contributed by atoms with Crippen LogP contribution in [0.4, 0.5) is 5.69 Å². The lowest BCUT2D eigenvalue weighted by Crippen LogP contribution is -2.13. The van der Waals surface area contributed by atoms with Crippen molar-refractivity contribution >= 4 is 34.5 Å². The van der Waals surface area contributed by atoms with Crippen molar-refractivity contribution in [2.75, 3.05) is 5.32 Å². The molecule has 0 aliphatic carbocycles. The summed E-state index contributed by atoms with van der Waals surface area (Å²) in [5.74, 6) is -0.235. The summed E-state index contributed by atoms with van der Waals surface area (Å²) in [7, 11) is 0. The van der Waals surface area contributed by atoms with Crippen LogP contribution >= 0.6 is 22.9 Å². The van der Waals surface area contributed by atoms with E-state index in [9.17, 15) is 4.79 Å². The highest BCUT2D eigenvalue weighted by Crippen LogP contribution is 2.17. The number of nitrogens with one attached hydrogen (secondary N) is 1. The van der Waals surface area contributed by atoms with E-state index in [0.29, 0.717) is 22.2 Å². The molecule has 0 fully saturated rings. The molecule has 2 heterocycles. The molecule has 0 aliphatic heterocycles. The van der Waals surface area contributed by atoms with Gasteiger partial charge in [-0.1, -0.05) is 11.6 Å². The molecule has 2 aromatic rings. The Balaban J connectivity index is 2.18. The van der Waals surface area contributed by atoms with Crippen molar-refractivity contribution in [3.63, 3.8) is 0 Å². The average Bonchev–Trinajstić information content (AvgIpc) is 2.69. The fourth-order valence-corrected chi connectivity index (χ4v) is 2.10. The van der Waals surface area contributed by atoms with Gasteiger partial charge in [0.05, 0.1) is 16.4 Å². The van der Waals surface area contributed by atoms with Crippen LogP contribution in [-0.4, -0.2) is 15.9 Å². The van der Waals surface area contributed by atoms with E-state index in [1.54, 1.807) is 24.4 Å². The zero-order chi connectivity index (χ0) is 12.4. The predicted octanol–water partition coefficient (Wildman–Crippen LogP) is 3.06. The summed E-state index contributed by atoms with van der Waals surface area (Å²) < 4.78 is 0. The molecule has 17 heavy (non-hydrogen) atoms. The first-order valence-electron chi connectivity index (χ1n) is 4.93. The van der Waals surface area contributed by atoms with E-state index in [0.717, 1.165) is 5.01 Å². The van der Waals surface area contributed by atoms with Crippen LogP contribution in [-0.2, 0) is 0 Å². The second-order valence-electron chi connectivity index (χ2n) is 3.47. The molecule has 0 saturated carbocycles. The van der Waals surface area contributed by atoms with Crippen molar-refractivity contribution in [2.24, 2.45) is 0 Å². The summed E-state index contributed by atoms with van der Waals surface area (Å²) in [6, 6.07) is 3.36. The molecule has 0 atom stereocenters. The van der Waals surface area contributed by atoms with Crippen LogP contribution in [0, 0.1) is 13.8 Å². The number of hydrogen-bond donors (Lipinski definition) is 1. The van der Waals surface area contributed by atoms with Gasteiger partial charge in [0, 0.05) is 5.38 Å². The standard InChI is InChI=1S/C11H10ClN3OS/c1-6-8(3-4-10(12)13-6)15-11(16)9-5-17-7(2)14-9/h3-5H,1-2H3,(H,15,16). The maximum Gasteiger partial charge on any atom is 0.275 e. The maximum atomic E-state index is 11.8. The van der Waals surface area contributed by atoms with E-state index in [1.165, 1.54) is 11.3 Å². The molecular weight excluding hydrogens is 258 g/mol. The fourth-order valence-electron chi connectivity index (χ4n) is 1.32. The molecule has 2 aromatic heterocycles. The molecule has 2 rings (SSSR count). The van der Waals surface area contributed by atoms with E-state index in [1.807, 2.05) is 6.92 Å². The summed E-state index contributed by atoms with van der Waals surface area (Å²) in [4.78, 5) is 20.0. The number of carbonyl (C=O) groups excluding carboxylic acids is 1. The summed E-state index contributed by atoms with van der Waals surface area (Å²) in [5, 5.41) is 5.75. The summed E-state index contributed by atoms with van der Waals surface area (Å²) in [6.45, 7) is 3.64. The zero-order valence-corrected chi connectivity index (χ0v) is 10.9. The quantitative estimate of drug-likeness (QED) is 0.851. The molecule has 0 aromatic carbocycles. The van der Waals surface area contributed by atoms with Crippen LogP contribution in [0.15, 0.2) is 17.5 Å². The van der Waals surface area contributed by atoms with Crippen LogP contribution in [0.3, 0.4) is 0 Å². The van der Waals surface area contributed by atoms with Gasteiger partial charge in [-0.3, -0.25) is 4.79 Å². The minimum absolute atomic E-state index is 0.235. The predicted molar refractivity (Wildman–Crippen MR) is 68.8 cm³/mol. The Hall–Kier alpha value is -1.46. The number of aromatic nitrogens is 2. The lowest BCUT2D eigenvalue weighted by atomic mass is 10.3. The smallest absolute Gasteiger partial charge is 0.275 e. The molecule has 6 heteroatoms. The SMILES string of the molecule is Cc1nc(C(=O)Nc2ccc(Cl)nc2C)cs1. The first kappa shape index (κ1) is 12.0. The number of rotatable bonds is 2. The Morgan fingerprint density at radius 1 is 1.35 bits per heavy atom. The molecule has 0 unspecified atom stereocenters. The monoisotopic (exact) mass is 267 g/mol. The van der Waals surface area contributed by atoms with Gasteiger partial charge in [-0.05, 0) is 26.0 Å². The minimum Gasteiger partial charge on any atom is -0.319 e. The van der Waals surface area contributed by atoms with Crippen LogP contribution in [0.25, 0.3) is 0 Å². The van der Waals surface area contributed by atoms with Crippen molar-refractivity contribution in [1.82, 2.24) is 9.97 Å². The van der Waals surface area contributed by atoms with Gasteiger partial charge in [0.15, 0.2) is 0 Å². The molecule has 0 spiro atoms. The third-order valence-electron chi connectivity index (χ3n) is 2.15. The van der Waals surface area contributed by atoms with Crippen molar-refractivity contribution in [3.8, 4) is 0 Å². The van der Waals surface area contributed by atoms with E-state index in [2.05, 4.69) is 15.3 Å². The molecule has 0 bridgehead atoms. The number of carbonyl (C=O) groups is 1. The number of thiazole rings is 1. The number of pyridine rings is 1. The summed E-state index contributed by atoms with van der Waals surface area (Å²) in [6.07, 6.45) is 0. The number of halogens is 1. The van der Waals surface area contributed by atoms with Crippen molar-refractivity contribution in [1.29, 1.82) is 0 Å². The number of aryl methyl sites for hydroxylation is 2. The molecule has 1 N–H and O–H groups in total. The van der Waals surface area contributed by atoms with Crippen molar-refractivity contribution < 1.29 is 4.79 Å².